The molecule has 2 rings (SSSR count). The van der Waals surface area contributed by atoms with E-state index in [0.29, 0.717) is 12.5 Å². The van der Waals surface area contributed by atoms with E-state index in [4.69, 9.17) is 0 Å². The van der Waals surface area contributed by atoms with Gasteiger partial charge in [-0.15, -0.1) is 0 Å². The lowest BCUT2D eigenvalue weighted by molar-refractivity contribution is -0.134. The predicted octanol–water partition coefficient (Wildman–Crippen LogP) is -0.344. The topological polar surface area (TPSA) is 64.7 Å². The number of hydrogen-bond donors (Lipinski definition) is 2. The molecule has 6 nitrogen and oxygen atoms in total. The maximum Gasteiger partial charge on any atom is 0.236 e. The Morgan fingerprint density at radius 2 is 1.90 bits per heavy atom. The molecule has 0 spiro atoms. The standard InChI is InChI=1S/C15H28N4O2/c1-13(20)17-11-14-3-8-19(9-4-14)15(21)12-18-7-2-5-16-6-10-18/h14,16H,2-12H2,1H3,(H,17,20). The van der Waals surface area contributed by atoms with Gasteiger partial charge < -0.3 is 15.5 Å². The molecule has 2 amide bonds. The molecule has 2 fully saturated rings. The molecule has 6 heteroatoms. The number of piperidine rings is 1. The molecule has 2 N–H and O–H groups in total. The number of amides is 2. The molecule has 21 heavy (non-hydrogen) atoms. The van der Waals surface area contributed by atoms with E-state index in [1.807, 2.05) is 4.90 Å². The molecule has 0 atom stereocenters. The summed E-state index contributed by atoms with van der Waals surface area (Å²) in [6.07, 6.45) is 3.10. The van der Waals surface area contributed by atoms with Crippen LogP contribution in [0.5, 0.6) is 0 Å². The number of nitrogens with zero attached hydrogens (tertiary/aromatic N) is 2. The second-order valence-electron chi connectivity index (χ2n) is 6.14. The third-order valence-electron chi connectivity index (χ3n) is 4.40. The van der Waals surface area contributed by atoms with E-state index >= 15 is 0 Å². The molecule has 0 aromatic carbocycles. The summed E-state index contributed by atoms with van der Waals surface area (Å²) in [6.45, 7) is 8.51. The average molecular weight is 296 g/mol. The van der Waals surface area contributed by atoms with Gasteiger partial charge in [-0.25, -0.2) is 0 Å². The fourth-order valence-electron chi connectivity index (χ4n) is 3.03. The Morgan fingerprint density at radius 1 is 1.14 bits per heavy atom. The number of likely N-dealkylation sites (tertiary alicyclic amines) is 1. The fourth-order valence-corrected chi connectivity index (χ4v) is 3.03. The van der Waals surface area contributed by atoms with Gasteiger partial charge in [-0.05, 0) is 38.3 Å². The second kappa shape index (κ2) is 8.34. The molecular formula is C15H28N4O2. The minimum atomic E-state index is 0.0308. The summed E-state index contributed by atoms with van der Waals surface area (Å²) in [7, 11) is 0. The van der Waals surface area contributed by atoms with Crippen molar-refractivity contribution >= 4 is 11.8 Å². The van der Waals surface area contributed by atoms with Crippen LogP contribution in [-0.2, 0) is 9.59 Å². The zero-order valence-corrected chi connectivity index (χ0v) is 13.1. The number of carbonyl (C=O) groups excluding carboxylic acids is 2. The lowest BCUT2D eigenvalue weighted by atomic mass is 9.96. The first kappa shape index (κ1) is 16.2. The van der Waals surface area contributed by atoms with Crippen LogP contribution in [0.25, 0.3) is 0 Å². The Morgan fingerprint density at radius 3 is 2.62 bits per heavy atom. The van der Waals surface area contributed by atoms with E-state index < -0.39 is 0 Å². The first-order chi connectivity index (χ1) is 10.1. The van der Waals surface area contributed by atoms with Gasteiger partial charge in [0.15, 0.2) is 0 Å². The molecule has 2 heterocycles. The fraction of sp³-hybridized carbons (Fsp3) is 0.867. The molecule has 120 valence electrons. The van der Waals surface area contributed by atoms with Gasteiger partial charge >= 0.3 is 0 Å². The number of carbonyl (C=O) groups is 2. The Hall–Kier alpha value is -1.14. The Balaban J connectivity index is 1.68. The van der Waals surface area contributed by atoms with Gasteiger partial charge in [-0.1, -0.05) is 0 Å². The van der Waals surface area contributed by atoms with Gasteiger partial charge in [0.05, 0.1) is 6.54 Å². The van der Waals surface area contributed by atoms with Crippen molar-refractivity contribution in [2.24, 2.45) is 5.92 Å². The van der Waals surface area contributed by atoms with Gasteiger partial charge in [0.1, 0.15) is 0 Å². The van der Waals surface area contributed by atoms with Crippen LogP contribution in [0.4, 0.5) is 0 Å². The Kier molecular flexibility index (Phi) is 6.45. The minimum Gasteiger partial charge on any atom is -0.356 e. The summed E-state index contributed by atoms with van der Waals surface area (Å²) in [5.41, 5.74) is 0. The number of nitrogens with one attached hydrogen (secondary N) is 2. The quantitative estimate of drug-likeness (QED) is 0.745. The van der Waals surface area contributed by atoms with E-state index in [1.165, 1.54) is 0 Å². The number of rotatable bonds is 4. The summed E-state index contributed by atoms with van der Waals surface area (Å²) in [5.74, 6) is 0.804. The van der Waals surface area contributed by atoms with Gasteiger partial charge in [0.25, 0.3) is 0 Å². The van der Waals surface area contributed by atoms with Crippen LogP contribution in [-0.4, -0.2) is 74.0 Å². The summed E-state index contributed by atoms with van der Waals surface area (Å²) < 4.78 is 0. The zero-order valence-electron chi connectivity index (χ0n) is 13.1. The summed E-state index contributed by atoms with van der Waals surface area (Å²) in [5, 5.41) is 6.23. The average Bonchev–Trinajstić information content (AvgIpc) is 2.74. The third kappa shape index (κ3) is 5.63. The van der Waals surface area contributed by atoms with Crippen LogP contribution >= 0.6 is 0 Å². The van der Waals surface area contributed by atoms with Crippen molar-refractivity contribution in [1.29, 1.82) is 0 Å². The maximum absolute atomic E-state index is 12.3. The molecule has 2 aliphatic heterocycles. The highest BCUT2D eigenvalue weighted by molar-refractivity contribution is 5.78. The summed E-state index contributed by atoms with van der Waals surface area (Å²) in [4.78, 5) is 27.5. The van der Waals surface area contributed by atoms with Gasteiger partial charge in [-0.2, -0.15) is 0 Å². The van der Waals surface area contributed by atoms with Crippen molar-refractivity contribution in [3.05, 3.63) is 0 Å². The van der Waals surface area contributed by atoms with E-state index in [0.717, 1.165) is 65.1 Å². The molecule has 2 saturated heterocycles. The van der Waals surface area contributed by atoms with Crippen molar-refractivity contribution in [2.45, 2.75) is 26.2 Å². The summed E-state index contributed by atoms with van der Waals surface area (Å²) in [6, 6.07) is 0. The van der Waals surface area contributed by atoms with E-state index in [2.05, 4.69) is 15.5 Å². The molecule has 0 aromatic rings. The monoisotopic (exact) mass is 296 g/mol. The lowest BCUT2D eigenvalue weighted by Gasteiger charge is -2.33. The van der Waals surface area contributed by atoms with Crippen LogP contribution in [0.15, 0.2) is 0 Å². The van der Waals surface area contributed by atoms with Crippen LogP contribution in [0.3, 0.4) is 0 Å². The highest BCUT2D eigenvalue weighted by Crippen LogP contribution is 2.16. The first-order valence-electron chi connectivity index (χ1n) is 8.10. The van der Waals surface area contributed by atoms with Crippen LogP contribution in [0.1, 0.15) is 26.2 Å². The smallest absolute Gasteiger partial charge is 0.236 e. The molecule has 0 unspecified atom stereocenters. The van der Waals surface area contributed by atoms with Crippen molar-refractivity contribution in [1.82, 2.24) is 20.4 Å². The van der Waals surface area contributed by atoms with Gasteiger partial charge in [-0.3, -0.25) is 14.5 Å². The van der Waals surface area contributed by atoms with Crippen molar-refractivity contribution in [3.63, 3.8) is 0 Å². The molecule has 0 bridgehead atoms. The van der Waals surface area contributed by atoms with E-state index in [9.17, 15) is 9.59 Å². The van der Waals surface area contributed by atoms with Gasteiger partial charge in [0.2, 0.25) is 11.8 Å². The van der Waals surface area contributed by atoms with Crippen molar-refractivity contribution in [2.75, 3.05) is 52.4 Å². The molecule has 0 radical (unpaired) electrons. The third-order valence-corrected chi connectivity index (χ3v) is 4.40. The van der Waals surface area contributed by atoms with Crippen LogP contribution in [0, 0.1) is 5.92 Å². The molecule has 0 aliphatic carbocycles. The molecular weight excluding hydrogens is 268 g/mol. The highest BCUT2D eigenvalue weighted by atomic mass is 16.2. The van der Waals surface area contributed by atoms with E-state index in [-0.39, 0.29) is 11.8 Å². The SMILES string of the molecule is CC(=O)NCC1CCN(C(=O)CN2CCCNCC2)CC1. The van der Waals surface area contributed by atoms with Crippen molar-refractivity contribution in [3.8, 4) is 0 Å². The zero-order chi connectivity index (χ0) is 15.1. The normalized spacial score (nSPS) is 21.9. The second-order valence-corrected chi connectivity index (χ2v) is 6.14. The first-order valence-corrected chi connectivity index (χ1v) is 8.10. The molecule has 0 aromatic heterocycles. The van der Waals surface area contributed by atoms with Crippen LogP contribution in [0.2, 0.25) is 0 Å². The van der Waals surface area contributed by atoms with Gasteiger partial charge in [0, 0.05) is 39.6 Å². The van der Waals surface area contributed by atoms with E-state index in [1.54, 1.807) is 6.92 Å². The minimum absolute atomic E-state index is 0.0308. The Labute approximate surface area is 127 Å². The molecule has 0 saturated carbocycles. The highest BCUT2D eigenvalue weighted by Gasteiger charge is 2.24. The largest absolute Gasteiger partial charge is 0.356 e. The molecule has 2 aliphatic rings. The summed E-state index contributed by atoms with van der Waals surface area (Å²) >= 11 is 0. The maximum atomic E-state index is 12.3. The van der Waals surface area contributed by atoms with Crippen LogP contribution < -0.4 is 10.6 Å². The lowest BCUT2D eigenvalue weighted by Crippen LogP contribution is -2.46. The number of hydrogen-bond acceptors (Lipinski definition) is 4. The van der Waals surface area contributed by atoms with Crippen molar-refractivity contribution < 1.29 is 9.59 Å². The predicted molar refractivity (Wildman–Crippen MR) is 81.9 cm³/mol. The Bertz CT molecular complexity index is 346.